The molecule has 2 atom stereocenters. The summed E-state index contributed by atoms with van der Waals surface area (Å²) in [6.45, 7) is 5.00. The number of ether oxygens (including phenoxy) is 2. The first-order valence-corrected chi connectivity index (χ1v) is 6.20. The third-order valence-electron chi connectivity index (χ3n) is 2.75. The monoisotopic (exact) mass is 291 g/mol. The fraction of sp³-hybridized carbons (Fsp3) is 0.692. The van der Waals surface area contributed by atoms with Crippen LogP contribution in [-0.2, 0) is 14.3 Å². The van der Waals surface area contributed by atoms with Crippen molar-refractivity contribution < 1.29 is 27.8 Å². The number of methoxy groups -OCH3 is 1. The first-order chi connectivity index (χ1) is 9.14. The molecule has 20 heavy (non-hydrogen) atoms. The highest BCUT2D eigenvalue weighted by molar-refractivity contribution is 5.89. The van der Waals surface area contributed by atoms with Gasteiger partial charge in [-0.15, -0.1) is 0 Å². The number of alkyl halides is 2. The Morgan fingerprint density at radius 1 is 1.40 bits per heavy atom. The Morgan fingerprint density at radius 2 is 2.00 bits per heavy atom. The Labute approximate surface area is 116 Å². The van der Waals surface area contributed by atoms with Gasteiger partial charge in [0.2, 0.25) is 6.43 Å². The van der Waals surface area contributed by atoms with E-state index in [4.69, 9.17) is 4.74 Å². The Hall–Kier alpha value is -1.66. The van der Waals surface area contributed by atoms with Gasteiger partial charge >= 0.3 is 12.1 Å². The summed E-state index contributed by atoms with van der Waals surface area (Å²) in [5.41, 5.74) is -0.586. The molecule has 114 valence electrons. The van der Waals surface area contributed by atoms with E-state index in [0.29, 0.717) is 0 Å². The molecule has 0 spiro atoms. The van der Waals surface area contributed by atoms with Crippen molar-refractivity contribution in [2.24, 2.45) is 5.92 Å². The standard InChI is InChI=1S/C13H19F2NO4/c1-13(2,3)20-12(18)16-9-6-7(11(17)19-4)5-8(9)10(14)15/h6,8-10H,5H2,1-4H3,(H,16,18)/t8-,9+/m1/s1. The van der Waals surface area contributed by atoms with E-state index in [1.54, 1.807) is 20.8 Å². The van der Waals surface area contributed by atoms with Crippen molar-refractivity contribution in [3.63, 3.8) is 0 Å². The maximum Gasteiger partial charge on any atom is 0.408 e. The molecule has 1 aliphatic carbocycles. The van der Waals surface area contributed by atoms with Crippen molar-refractivity contribution in [2.45, 2.75) is 45.3 Å². The number of hydrogen-bond donors (Lipinski definition) is 1. The van der Waals surface area contributed by atoms with Crippen molar-refractivity contribution in [1.29, 1.82) is 0 Å². The molecule has 1 aliphatic rings. The van der Waals surface area contributed by atoms with Gasteiger partial charge in [-0.25, -0.2) is 18.4 Å². The van der Waals surface area contributed by atoms with Crippen molar-refractivity contribution in [3.05, 3.63) is 11.6 Å². The van der Waals surface area contributed by atoms with Crippen LogP contribution in [-0.4, -0.2) is 37.2 Å². The summed E-state index contributed by atoms with van der Waals surface area (Å²) in [5.74, 6) is -1.82. The first kappa shape index (κ1) is 16.4. The average Bonchev–Trinajstić information content (AvgIpc) is 2.69. The molecule has 0 bridgehead atoms. The summed E-state index contributed by atoms with van der Waals surface area (Å²) in [7, 11) is 1.18. The SMILES string of the molecule is COC(=O)C1=C[C@H](NC(=O)OC(C)(C)C)[C@H](C(F)F)C1. The molecule has 5 nitrogen and oxygen atoms in total. The second-order valence-corrected chi connectivity index (χ2v) is 5.56. The second kappa shape index (κ2) is 6.19. The van der Waals surface area contributed by atoms with Gasteiger partial charge in [-0.1, -0.05) is 6.08 Å². The van der Waals surface area contributed by atoms with Gasteiger partial charge < -0.3 is 14.8 Å². The van der Waals surface area contributed by atoms with Crippen molar-refractivity contribution >= 4 is 12.1 Å². The lowest BCUT2D eigenvalue weighted by atomic mass is 10.0. The molecule has 1 N–H and O–H groups in total. The number of hydrogen-bond acceptors (Lipinski definition) is 4. The second-order valence-electron chi connectivity index (χ2n) is 5.56. The molecule has 0 fully saturated rings. The van der Waals surface area contributed by atoms with Crippen molar-refractivity contribution in [3.8, 4) is 0 Å². The lowest BCUT2D eigenvalue weighted by Gasteiger charge is -2.24. The summed E-state index contributed by atoms with van der Waals surface area (Å²) >= 11 is 0. The van der Waals surface area contributed by atoms with Crippen LogP contribution in [0, 0.1) is 5.92 Å². The van der Waals surface area contributed by atoms with Gasteiger partial charge in [-0.05, 0) is 27.2 Å². The molecular formula is C13H19F2NO4. The molecule has 0 heterocycles. The van der Waals surface area contributed by atoms with Gasteiger partial charge in [0.05, 0.1) is 13.2 Å². The smallest absolute Gasteiger partial charge is 0.408 e. The molecular weight excluding hydrogens is 272 g/mol. The van der Waals surface area contributed by atoms with Gasteiger partial charge in [0.1, 0.15) is 5.60 Å². The molecule has 0 saturated heterocycles. The van der Waals surface area contributed by atoms with Crippen molar-refractivity contribution in [1.82, 2.24) is 5.32 Å². The fourth-order valence-electron chi connectivity index (χ4n) is 1.91. The normalized spacial score (nSPS) is 22.4. The Morgan fingerprint density at radius 3 is 2.45 bits per heavy atom. The molecule has 0 saturated carbocycles. The van der Waals surface area contributed by atoms with Gasteiger partial charge in [-0.3, -0.25) is 0 Å². The molecule has 1 rings (SSSR count). The van der Waals surface area contributed by atoms with E-state index >= 15 is 0 Å². The summed E-state index contributed by atoms with van der Waals surface area (Å²) in [6.07, 6.45) is -2.29. The Bertz CT molecular complexity index is 415. The van der Waals surface area contributed by atoms with Gasteiger partial charge in [0.15, 0.2) is 0 Å². The van der Waals surface area contributed by atoms with Crippen LogP contribution in [0.25, 0.3) is 0 Å². The molecule has 0 aliphatic heterocycles. The Balaban J connectivity index is 2.76. The van der Waals surface area contributed by atoms with Crippen LogP contribution < -0.4 is 5.32 Å². The first-order valence-electron chi connectivity index (χ1n) is 6.20. The zero-order valence-electron chi connectivity index (χ0n) is 11.9. The topological polar surface area (TPSA) is 64.6 Å². The number of nitrogens with one attached hydrogen (secondary N) is 1. The number of carbonyl (C=O) groups is 2. The number of esters is 1. The summed E-state index contributed by atoms with van der Waals surface area (Å²) in [4.78, 5) is 23.0. The highest BCUT2D eigenvalue weighted by Gasteiger charge is 2.38. The maximum atomic E-state index is 12.9. The number of amides is 1. The molecule has 0 radical (unpaired) electrons. The molecule has 0 aromatic carbocycles. The van der Waals surface area contributed by atoms with Crippen LogP contribution in [0.1, 0.15) is 27.2 Å². The minimum atomic E-state index is -2.66. The third kappa shape index (κ3) is 4.47. The maximum absolute atomic E-state index is 12.9. The van der Waals surface area contributed by atoms with Crippen LogP contribution in [0.3, 0.4) is 0 Å². The van der Waals surface area contributed by atoms with E-state index in [0.717, 1.165) is 0 Å². The molecule has 7 heteroatoms. The van der Waals surface area contributed by atoms with E-state index in [-0.39, 0.29) is 12.0 Å². The number of halogens is 2. The van der Waals surface area contributed by atoms with Crippen LogP contribution >= 0.6 is 0 Å². The summed E-state index contributed by atoms with van der Waals surface area (Å²) in [5, 5.41) is 2.35. The Kier molecular flexibility index (Phi) is 5.08. The van der Waals surface area contributed by atoms with E-state index in [2.05, 4.69) is 10.1 Å². The predicted molar refractivity (Wildman–Crippen MR) is 67.4 cm³/mol. The zero-order valence-corrected chi connectivity index (χ0v) is 11.9. The quantitative estimate of drug-likeness (QED) is 0.810. The number of rotatable bonds is 3. The molecule has 0 aromatic heterocycles. The van der Waals surface area contributed by atoms with Gasteiger partial charge in [0, 0.05) is 11.5 Å². The van der Waals surface area contributed by atoms with E-state index in [9.17, 15) is 18.4 Å². The largest absolute Gasteiger partial charge is 0.466 e. The fourth-order valence-corrected chi connectivity index (χ4v) is 1.91. The minimum absolute atomic E-state index is 0.134. The number of alkyl carbamates (subject to hydrolysis) is 1. The molecule has 1 amide bonds. The summed E-state index contributed by atoms with van der Waals surface area (Å²) < 4.78 is 35.4. The van der Waals surface area contributed by atoms with Crippen LogP contribution in [0.5, 0.6) is 0 Å². The highest BCUT2D eigenvalue weighted by atomic mass is 19.3. The van der Waals surface area contributed by atoms with E-state index in [1.165, 1.54) is 13.2 Å². The van der Waals surface area contributed by atoms with E-state index < -0.39 is 36.0 Å². The van der Waals surface area contributed by atoms with Crippen LogP contribution in [0.15, 0.2) is 11.6 Å². The average molecular weight is 291 g/mol. The van der Waals surface area contributed by atoms with Crippen LogP contribution in [0.2, 0.25) is 0 Å². The van der Waals surface area contributed by atoms with Gasteiger partial charge in [-0.2, -0.15) is 0 Å². The van der Waals surface area contributed by atoms with Crippen molar-refractivity contribution in [2.75, 3.05) is 7.11 Å². The van der Waals surface area contributed by atoms with Gasteiger partial charge in [0.25, 0.3) is 0 Å². The van der Waals surface area contributed by atoms with Crippen LogP contribution in [0.4, 0.5) is 13.6 Å². The predicted octanol–water partition coefficient (Wildman–Crippen LogP) is 2.26. The van der Waals surface area contributed by atoms with E-state index in [1.807, 2.05) is 0 Å². The lowest BCUT2D eigenvalue weighted by molar-refractivity contribution is -0.136. The zero-order chi connectivity index (χ0) is 15.5. The highest BCUT2D eigenvalue weighted by Crippen LogP contribution is 2.31. The molecule has 0 aromatic rings. The minimum Gasteiger partial charge on any atom is -0.466 e. The summed E-state index contributed by atoms with van der Waals surface area (Å²) in [6, 6.07) is -0.945. The number of carbonyl (C=O) groups excluding carboxylic acids is 2. The lowest BCUT2D eigenvalue weighted by Crippen LogP contribution is -2.42. The molecule has 0 unspecified atom stereocenters. The third-order valence-corrected chi connectivity index (χ3v) is 2.75.